The second-order valence-electron chi connectivity index (χ2n) is 6.58. The zero-order valence-electron chi connectivity index (χ0n) is 15.2. The van der Waals surface area contributed by atoms with Crippen molar-refractivity contribution in [2.24, 2.45) is 5.73 Å². The van der Waals surface area contributed by atoms with Gasteiger partial charge >= 0.3 is 0 Å². The first-order valence-electron chi connectivity index (χ1n) is 9.67. The van der Waals surface area contributed by atoms with E-state index in [9.17, 15) is 0 Å². The number of rotatable bonds is 13. The third-order valence-corrected chi connectivity index (χ3v) is 4.45. The summed E-state index contributed by atoms with van der Waals surface area (Å²) in [7, 11) is 0. The van der Waals surface area contributed by atoms with Crippen LogP contribution in [0.1, 0.15) is 70.3 Å². The second kappa shape index (κ2) is 11.1. The van der Waals surface area contributed by atoms with Gasteiger partial charge in [0.15, 0.2) is 5.58 Å². The summed E-state index contributed by atoms with van der Waals surface area (Å²) in [6.07, 6.45) is 12.7. The average Bonchev–Trinajstić information content (AvgIpc) is 3.01. The van der Waals surface area contributed by atoms with Crippen LogP contribution in [0.5, 0.6) is 0 Å². The van der Waals surface area contributed by atoms with Crippen LogP contribution in [-0.2, 0) is 6.42 Å². The molecule has 0 fully saturated rings. The van der Waals surface area contributed by atoms with Crippen molar-refractivity contribution in [1.29, 1.82) is 0 Å². The lowest BCUT2D eigenvalue weighted by Gasteiger charge is -2.03. The first-order chi connectivity index (χ1) is 11.8. The number of hydrogen-bond donors (Lipinski definition) is 2. The first-order valence-corrected chi connectivity index (χ1v) is 9.67. The Morgan fingerprint density at radius 2 is 1.75 bits per heavy atom. The molecular weight excluding hydrogens is 298 g/mol. The second-order valence-corrected chi connectivity index (χ2v) is 6.58. The fraction of sp³-hybridized carbons (Fsp3) is 0.650. The van der Waals surface area contributed by atoms with Gasteiger partial charge in [-0.2, -0.15) is 4.98 Å². The van der Waals surface area contributed by atoms with E-state index in [1.165, 1.54) is 56.9 Å². The third-order valence-electron chi connectivity index (χ3n) is 4.45. The van der Waals surface area contributed by atoms with Crippen LogP contribution in [0.15, 0.2) is 22.6 Å². The Morgan fingerprint density at radius 3 is 2.50 bits per heavy atom. The number of fused-ring (bicyclic) bond motifs is 1. The molecule has 2 rings (SSSR count). The lowest BCUT2D eigenvalue weighted by Crippen LogP contribution is -2.08. The van der Waals surface area contributed by atoms with Gasteiger partial charge in [0, 0.05) is 6.54 Å². The molecule has 24 heavy (non-hydrogen) atoms. The Morgan fingerprint density at radius 1 is 1.00 bits per heavy atom. The van der Waals surface area contributed by atoms with Crippen molar-refractivity contribution in [3.05, 3.63) is 23.8 Å². The maximum Gasteiger partial charge on any atom is 0.295 e. The molecule has 134 valence electrons. The van der Waals surface area contributed by atoms with Gasteiger partial charge in [-0.15, -0.1) is 0 Å². The molecule has 1 aromatic heterocycles. The van der Waals surface area contributed by atoms with Gasteiger partial charge in [0.2, 0.25) is 0 Å². The Bertz CT molecular complexity index is 579. The summed E-state index contributed by atoms with van der Waals surface area (Å²) in [6, 6.07) is 6.87. The molecule has 0 unspecified atom stereocenters. The normalized spacial score (nSPS) is 11.2. The minimum Gasteiger partial charge on any atom is -0.423 e. The highest BCUT2D eigenvalue weighted by atomic mass is 16.4. The first kappa shape index (κ1) is 18.8. The molecule has 0 atom stereocenters. The summed E-state index contributed by atoms with van der Waals surface area (Å²) in [5.74, 6) is 0. The van der Waals surface area contributed by atoms with Crippen molar-refractivity contribution in [3.8, 4) is 0 Å². The lowest BCUT2D eigenvalue weighted by atomic mass is 10.0. The monoisotopic (exact) mass is 331 g/mol. The van der Waals surface area contributed by atoms with Gasteiger partial charge in [-0.05, 0) is 37.4 Å². The fourth-order valence-corrected chi connectivity index (χ4v) is 3.03. The molecule has 1 aromatic carbocycles. The molecule has 1 heterocycles. The standard InChI is InChI=1S/C20H33N3O/c1-2-3-4-5-6-7-8-9-12-17-13-10-14-18-19(17)24-20(23-18)22-16-11-15-21/h10,13-14H,2-9,11-12,15-16,21H2,1H3,(H,22,23). The number of nitrogens with zero attached hydrogens (tertiary/aromatic N) is 1. The number of para-hydroxylation sites is 1. The number of nitrogens with two attached hydrogens (primary N) is 1. The number of nitrogens with one attached hydrogen (secondary N) is 1. The zero-order valence-corrected chi connectivity index (χ0v) is 15.2. The Kier molecular flexibility index (Phi) is 8.67. The van der Waals surface area contributed by atoms with E-state index in [0.717, 1.165) is 30.5 Å². The largest absolute Gasteiger partial charge is 0.423 e. The highest BCUT2D eigenvalue weighted by molar-refractivity contribution is 5.78. The number of oxazole rings is 1. The van der Waals surface area contributed by atoms with Gasteiger partial charge in [0.1, 0.15) is 5.52 Å². The maximum atomic E-state index is 5.91. The number of hydrogen-bond acceptors (Lipinski definition) is 4. The molecule has 4 heteroatoms. The van der Waals surface area contributed by atoms with E-state index < -0.39 is 0 Å². The SMILES string of the molecule is CCCCCCCCCCc1cccc2nc(NCCCN)oc12. The number of benzene rings is 1. The molecule has 0 amide bonds. The Hall–Kier alpha value is -1.55. The van der Waals surface area contributed by atoms with E-state index in [1.807, 2.05) is 6.07 Å². The van der Waals surface area contributed by atoms with Crippen LogP contribution in [0.25, 0.3) is 11.1 Å². The minimum absolute atomic E-state index is 0.613. The van der Waals surface area contributed by atoms with E-state index >= 15 is 0 Å². The number of aryl methyl sites for hydroxylation is 1. The van der Waals surface area contributed by atoms with Crippen LogP contribution >= 0.6 is 0 Å². The van der Waals surface area contributed by atoms with E-state index in [0.29, 0.717) is 12.6 Å². The number of aromatic nitrogens is 1. The molecule has 0 aliphatic carbocycles. The molecule has 0 aliphatic rings. The van der Waals surface area contributed by atoms with Gasteiger partial charge in [-0.1, -0.05) is 64.0 Å². The van der Waals surface area contributed by atoms with Crippen LogP contribution in [0.2, 0.25) is 0 Å². The summed E-state index contributed by atoms with van der Waals surface area (Å²) < 4.78 is 5.91. The Balaban J connectivity index is 1.77. The third kappa shape index (κ3) is 6.16. The molecule has 0 bridgehead atoms. The van der Waals surface area contributed by atoms with Crippen LogP contribution in [0.3, 0.4) is 0 Å². The average molecular weight is 332 g/mol. The van der Waals surface area contributed by atoms with E-state index in [4.69, 9.17) is 10.2 Å². The van der Waals surface area contributed by atoms with Crippen molar-refractivity contribution >= 4 is 17.1 Å². The van der Waals surface area contributed by atoms with Gasteiger partial charge in [-0.25, -0.2) is 0 Å². The molecule has 2 aromatic rings. The van der Waals surface area contributed by atoms with Crippen LogP contribution < -0.4 is 11.1 Å². The summed E-state index contributed by atoms with van der Waals surface area (Å²) in [5, 5.41) is 3.21. The smallest absolute Gasteiger partial charge is 0.295 e. The summed E-state index contributed by atoms with van der Waals surface area (Å²) in [4.78, 5) is 4.51. The predicted octanol–water partition coefficient (Wildman–Crippen LogP) is 5.27. The topological polar surface area (TPSA) is 64.1 Å². The number of anilines is 1. The molecule has 4 nitrogen and oxygen atoms in total. The highest BCUT2D eigenvalue weighted by Gasteiger charge is 2.09. The van der Waals surface area contributed by atoms with Gasteiger partial charge in [0.05, 0.1) is 0 Å². The van der Waals surface area contributed by atoms with Crippen LogP contribution in [0, 0.1) is 0 Å². The summed E-state index contributed by atoms with van der Waals surface area (Å²) >= 11 is 0. The molecule has 0 saturated heterocycles. The van der Waals surface area contributed by atoms with Gasteiger partial charge in [0.25, 0.3) is 6.01 Å². The van der Waals surface area contributed by atoms with E-state index in [1.54, 1.807) is 0 Å². The summed E-state index contributed by atoms with van der Waals surface area (Å²) in [6.45, 7) is 3.75. The van der Waals surface area contributed by atoms with E-state index in [-0.39, 0.29) is 0 Å². The van der Waals surface area contributed by atoms with Gasteiger partial charge < -0.3 is 15.5 Å². The van der Waals surface area contributed by atoms with Gasteiger partial charge in [-0.3, -0.25) is 0 Å². The van der Waals surface area contributed by atoms with Crippen molar-refractivity contribution in [3.63, 3.8) is 0 Å². The fourth-order valence-electron chi connectivity index (χ4n) is 3.03. The molecule has 0 radical (unpaired) electrons. The van der Waals surface area contributed by atoms with Crippen molar-refractivity contribution in [1.82, 2.24) is 4.98 Å². The maximum absolute atomic E-state index is 5.91. The molecule has 3 N–H and O–H groups in total. The lowest BCUT2D eigenvalue weighted by molar-refractivity contribution is 0.572. The molecule has 0 saturated carbocycles. The highest BCUT2D eigenvalue weighted by Crippen LogP contribution is 2.24. The molecular formula is C20H33N3O. The number of unbranched alkanes of at least 4 members (excludes halogenated alkanes) is 7. The molecule has 0 spiro atoms. The van der Waals surface area contributed by atoms with Crippen molar-refractivity contribution < 1.29 is 4.42 Å². The summed E-state index contributed by atoms with van der Waals surface area (Å²) in [5.41, 5.74) is 8.68. The van der Waals surface area contributed by atoms with Crippen molar-refractivity contribution in [2.75, 3.05) is 18.4 Å². The van der Waals surface area contributed by atoms with Crippen LogP contribution in [-0.4, -0.2) is 18.1 Å². The minimum atomic E-state index is 0.613. The molecule has 0 aliphatic heterocycles. The zero-order chi connectivity index (χ0) is 17.0. The van der Waals surface area contributed by atoms with Crippen LogP contribution in [0.4, 0.5) is 6.01 Å². The predicted molar refractivity (Wildman–Crippen MR) is 102 cm³/mol. The Labute approximate surface area is 146 Å². The van der Waals surface area contributed by atoms with Crippen molar-refractivity contribution in [2.45, 2.75) is 71.1 Å². The quantitative estimate of drug-likeness (QED) is 0.491. The van der Waals surface area contributed by atoms with E-state index in [2.05, 4.69) is 29.4 Å².